The largest absolute Gasteiger partial charge is 0.383 e. The van der Waals surface area contributed by atoms with Crippen molar-refractivity contribution in [1.82, 2.24) is 15.5 Å². The first kappa shape index (κ1) is 19.2. The molecular formula is C16H34N4O2. The van der Waals surface area contributed by atoms with E-state index in [0.717, 1.165) is 25.6 Å². The van der Waals surface area contributed by atoms with Gasteiger partial charge in [0.05, 0.1) is 18.8 Å². The van der Waals surface area contributed by atoms with Crippen molar-refractivity contribution < 1.29 is 9.47 Å². The summed E-state index contributed by atoms with van der Waals surface area (Å²) >= 11 is 0. The van der Waals surface area contributed by atoms with Crippen LogP contribution in [0.25, 0.3) is 0 Å². The molecule has 130 valence electrons. The Morgan fingerprint density at radius 3 is 2.45 bits per heavy atom. The fraction of sp³-hybridized carbons (Fsp3) is 0.938. The van der Waals surface area contributed by atoms with Gasteiger partial charge in [0, 0.05) is 45.4 Å². The Hall–Kier alpha value is -0.850. The highest BCUT2D eigenvalue weighted by Gasteiger charge is 2.33. The van der Waals surface area contributed by atoms with E-state index in [-0.39, 0.29) is 23.8 Å². The molecule has 1 saturated heterocycles. The zero-order valence-electron chi connectivity index (χ0n) is 15.3. The molecule has 0 aromatic heterocycles. The smallest absolute Gasteiger partial charge is 0.191 e. The summed E-state index contributed by atoms with van der Waals surface area (Å²) in [6, 6.07) is 0.225. The maximum Gasteiger partial charge on any atom is 0.191 e. The van der Waals surface area contributed by atoms with Crippen LogP contribution in [0.3, 0.4) is 0 Å². The van der Waals surface area contributed by atoms with Crippen LogP contribution in [0, 0.1) is 0 Å². The number of hydrogen-bond acceptors (Lipinski definition) is 4. The molecule has 22 heavy (non-hydrogen) atoms. The van der Waals surface area contributed by atoms with Crippen molar-refractivity contribution in [3.63, 3.8) is 0 Å². The molecule has 1 rings (SSSR count). The van der Waals surface area contributed by atoms with Gasteiger partial charge in [-0.2, -0.15) is 0 Å². The first-order valence-electron chi connectivity index (χ1n) is 8.15. The molecule has 0 radical (unpaired) electrons. The summed E-state index contributed by atoms with van der Waals surface area (Å²) in [5, 5.41) is 6.76. The number of methoxy groups -OCH3 is 1. The summed E-state index contributed by atoms with van der Waals surface area (Å²) in [6.07, 6.45) is 0.560. The van der Waals surface area contributed by atoms with E-state index >= 15 is 0 Å². The van der Waals surface area contributed by atoms with Crippen molar-refractivity contribution in [1.29, 1.82) is 0 Å². The van der Waals surface area contributed by atoms with E-state index in [0.29, 0.717) is 6.61 Å². The first-order valence-corrected chi connectivity index (χ1v) is 8.15. The second-order valence-electron chi connectivity index (χ2n) is 6.90. The average Bonchev–Trinajstić information content (AvgIpc) is 2.42. The van der Waals surface area contributed by atoms with Gasteiger partial charge in [-0.3, -0.25) is 9.89 Å². The fourth-order valence-corrected chi connectivity index (χ4v) is 2.80. The van der Waals surface area contributed by atoms with Gasteiger partial charge in [0.15, 0.2) is 5.96 Å². The zero-order chi connectivity index (χ0) is 16.8. The minimum atomic E-state index is 0.0361. The quantitative estimate of drug-likeness (QED) is 0.567. The maximum atomic E-state index is 5.83. The Bertz CT molecular complexity index is 350. The number of morpholine rings is 1. The van der Waals surface area contributed by atoms with Crippen molar-refractivity contribution >= 4 is 5.96 Å². The number of rotatable bonds is 6. The summed E-state index contributed by atoms with van der Waals surface area (Å²) < 4.78 is 11.0. The van der Waals surface area contributed by atoms with Crippen LogP contribution in [-0.4, -0.2) is 75.0 Å². The molecule has 1 aliphatic heterocycles. The van der Waals surface area contributed by atoms with E-state index in [2.05, 4.69) is 55.1 Å². The molecule has 1 fully saturated rings. The number of aliphatic imine (C=N–C) groups is 1. The molecule has 0 spiro atoms. The lowest BCUT2D eigenvalue weighted by molar-refractivity contribution is -0.0946. The predicted octanol–water partition coefficient (Wildman–Crippen LogP) is 1.07. The molecule has 0 aromatic carbocycles. The van der Waals surface area contributed by atoms with Gasteiger partial charge in [-0.15, -0.1) is 0 Å². The third-order valence-electron chi connectivity index (χ3n) is 3.99. The molecule has 0 amide bonds. The molecule has 0 aromatic rings. The van der Waals surface area contributed by atoms with Crippen LogP contribution in [0.2, 0.25) is 0 Å². The van der Waals surface area contributed by atoms with Crippen LogP contribution in [0.4, 0.5) is 0 Å². The number of hydrogen-bond donors (Lipinski definition) is 2. The summed E-state index contributed by atoms with van der Waals surface area (Å²) in [7, 11) is 3.50. The Morgan fingerprint density at radius 2 is 1.95 bits per heavy atom. The summed E-state index contributed by atoms with van der Waals surface area (Å²) in [4.78, 5) is 6.77. The van der Waals surface area contributed by atoms with Gasteiger partial charge in [0.1, 0.15) is 0 Å². The SMILES string of the molecule is CN=C(NCC(C)(C)N1CC(C)OC(C)C1)NC(C)COC. The molecule has 1 heterocycles. The Balaban J connectivity index is 2.52. The van der Waals surface area contributed by atoms with Crippen LogP contribution in [0.1, 0.15) is 34.6 Å². The molecule has 2 N–H and O–H groups in total. The van der Waals surface area contributed by atoms with Gasteiger partial charge in [-0.25, -0.2) is 0 Å². The third kappa shape index (κ3) is 6.10. The summed E-state index contributed by atoms with van der Waals surface area (Å²) in [5.74, 6) is 0.812. The minimum absolute atomic E-state index is 0.0361. The number of nitrogens with one attached hydrogen (secondary N) is 2. The minimum Gasteiger partial charge on any atom is -0.383 e. The number of ether oxygens (including phenoxy) is 2. The van der Waals surface area contributed by atoms with Crippen molar-refractivity contribution in [3.8, 4) is 0 Å². The van der Waals surface area contributed by atoms with Crippen LogP contribution in [0.15, 0.2) is 4.99 Å². The lowest BCUT2D eigenvalue weighted by Crippen LogP contribution is -2.59. The van der Waals surface area contributed by atoms with E-state index in [4.69, 9.17) is 9.47 Å². The average molecular weight is 314 g/mol. The highest BCUT2D eigenvalue weighted by atomic mass is 16.5. The molecule has 3 unspecified atom stereocenters. The topological polar surface area (TPSA) is 58.1 Å². The molecule has 6 heteroatoms. The molecule has 0 bridgehead atoms. The van der Waals surface area contributed by atoms with Gasteiger partial charge in [-0.1, -0.05) is 0 Å². The molecular weight excluding hydrogens is 280 g/mol. The first-order chi connectivity index (χ1) is 10.3. The van der Waals surface area contributed by atoms with Gasteiger partial charge in [0.25, 0.3) is 0 Å². The van der Waals surface area contributed by atoms with Gasteiger partial charge >= 0.3 is 0 Å². The van der Waals surface area contributed by atoms with Gasteiger partial charge < -0.3 is 20.1 Å². The normalized spacial score (nSPS) is 25.9. The Labute approximate surface area is 135 Å². The lowest BCUT2D eigenvalue weighted by atomic mass is 10.00. The molecule has 3 atom stereocenters. The summed E-state index contributed by atoms with van der Waals surface area (Å²) in [5.41, 5.74) is 0.0361. The molecule has 0 saturated carbocycles. The predicted molar refractivity (Wildman–Crippen MR) is 91.5 cm³/mol. The van der Waals surface area contributed by atoms with Crippen molar-refractivity contribution in [3.05, 3.63) is 0 Å². The molecule has 0 aliphatic carbocycles. The third-order valence-corrected chi connectivity index (χ3v) is 3.99. The Morgan fingerprint density at radius 1 is 1.36 bits per heavy atom. The Kier molecular flexibility index (Phi) is 7.59. The van der Waals surface area contributed by atoms with Gasteiger partial charge in [0.2, 0.25) is 0 Å². The second kappa shape index (κ2) is 8.70. The van der Waals surface area contributed by atoms with E-state index in [1.807, 2.05) is 0 Å². The van der Waals surface area contributed by atoms with Crippen molar-refractivity contribution in [2.45, 2.75) is 58.4 Å². The van der Waals surface area contributed by atoms with E-state index < -0.39 is 0 Å². The van der Waals surface area contributed by atoms with E-state index in [9.17, 15) is 0 Å². The fourth-order valence-electron chi connectivity index (χ4n) is 2.80. The lowest BCUT2D eigenvalue weighted by Gasteiger charge is -2.45. The second-order valence-corrected chi connectivity index (χ2v) is 6.90. The van der Waals surface area contributed by atoms with Crippen molar-refractivity contribution in [2.75, 3.05) is 40.4 Å². The zero-order valence-corrected chi connectivity index (χ0v) is 15.3. The highest BCUT2D eigenvalue weighted by molar-refractivity contribution is 5.80. The maximum absolute atomic E-state index is 5.83. The van der Waals surface area contributed by atoms with Crippen LogP contribution < -0.4 is 10.6 Å². The molecule has 6 nitrogen and oxygen atoms in total. The number of nitrogens with zero attached hydrogens (tertiary/aromatic N) is 2. The summed E-state index contributed by atoms with van der Waals surface area (Å²) in [6.45, 7) is 14.3. The van der Waals surface area contributed by atoms with Crippen molar-refractivity contribution in [2.24, 2.45) is 4.99 Å². The van der Waals surface area contributed by atoms with Crippen LogP contribution in [0.5, 0.6) is 0 Å². The van der Waals surface area contributed by atoms with E-state index in [1.54, 1.807) is 14.2 Å². The highest BCUT2D eigenvalue weighted by Crippen LogP contribution is 2.20. The van der Waals surface area contributed by atoms with Crippen LogP contribution >= 0.6 is 0 Å². The standard InChI is InChI=1S/C16H34N4O2/c1-12(10-21-7)19-15(17-6)18-11-16(4,5)20-8-13(2)22-14(3)9-20/h12-14H,8-11H2,1-7H3,(H2,17,18,19). The molecule has 1 aliphatic rings. The van der Waals surface area contributed by atoms with E-state index in [1.165, 1.54) is 0 Å². The van der Waals surface area contributed by atoms with Crippen LogP contribution in [-0.2, 0) is 9.47 Å². The monoisotopic (exact) mass is 314 g/mol. The number of guanidine groups is 1. The van der Waals surface area contributed by atoms with Gasteiger partial charge in [-0.05, 0) is 34.6 Å².